The van der Waals surface area contributed by atoms with Gasteiger partial charge in [0.15, 0.2) is 0 Å². The van der Waals surface area contributed by atoms with Gasteiger partial charge in [-0.15, -0.1) is 0 Å². The Morgan fingerprint density at radius 1 is 1.29 bits per heavy atom. The Hall–Kier alpha value is -1.97. The van der Waals surface area contributed by atoms with E-state index in [0.29, 0.717) is 12.3 Å². The van der Waals surface area contributed by atoms with Crippen LogP contribution in [-0.2, 0) is 6.42 Å². The Bertz CT molecular complexity index is 505. The second kappa shape index (κ2) is 4.91. The molecule has 0 spiro atoms. The molecule has 0 amide bonds. The van der Waals surface area contributed by atoms with Gasteiger partial charge in [-0.3, -0.25) is 5.10 Å². The minimum atomic E-state index is 0.583. The first-order valence-corrected chi connectivity index (χ1v) is 5.66. The molecular weight excluding hydrogens is 214 g/mol. The monoisotopic (exact) mass is 231 g/mol. The fourth-order valence-corrected chi connectivity index (χ4v) is 1.65. The van der Waals surface area contributed by atoms with Crippen molar-refractivity contribution in [3.05, 3.63) is 41.2 Å². The zero-order valence-electron chi connectivity index (χ0n) is 10.2. The average Bonchev–Trinajstić information content (AvgIpc) is 2.63. The van der Waals surface area contributed by atoms with Crippen LogP contribution in [0.2, 0.25) is 0 Å². The number of para-hydroxylation sites is 2. The number of anilines is 1. The van der Waals surface area contributed by atoms with Gasteiger partial charge in [0.25, 0.3) is 0 Å². The number of aryl methyl sites for hydroxylation is 1. The predicted molar refractivity (Wildman–Crippen MR) is 68.1 cm³/mol. The second-order valence-corrected chi connectivity index (χ2v) is 4.06. The maximum Gasteiger partial charge on any atom is 0.142 e. The van der Waals surface area contributed by atoms with Crippen molar-refractivity contribution < 1.29 is 4.74 Å². The molecule has 0 saturated carbocycles. The number of aromatic amines is 1. The maximum atomic E-state index is 5.79. The molecule has 0 aliphatic rings. The number of nitrogens with one attached hydrogen (secondary N) is 1. The van der Waals surface area contributed by atoms with Gasteiger partial charge in [0, 0.05) is 12.1 Å². The first-order valence-electron chi connectivity index (χ1n) is 5.66. The highest BCUT2D eigenvalue weighted by atomic mass is 16.5. The number of aromatic nitrogens is 2. The average molecular weight is 231 g/mol. The van der Waals surface area contributed by atoms with Crippen LogP contribution >= 0.6 is 0 Å². The molecule has 0 unspecified atom stereocenters. The minimum Gasteiger partial charge on any atom is -0.491 e. The van der Waals surface area contributed by atoms with Crippen LogP contribution in [0, 0.1) is 13.8 Å². The van der Waals surface area contributed by atoms with E-state index in [0.717, 1.165) is 23.6 Å². The Morgan fingerprint density at radius 3 is 2.71 bits per heavy atom. The summed E-state index contributed by atoms with van der Waals surface area (Å²) in [6.45, 7) is 4.66. The summed E-state index contributed by atoms with van der Waals surface area (Å²) in [6, 6.07) is 7.51. The molecule has 0 aliphatic carbocycles. The van der Waals surface area contributed by atoms with Gasteiger partial charge in [-0.1, -0.05) is 12.1 Å². The molecule has 0 radical (unpaired) electrons. The number of hydrogen-bond donors (Lipinski definition) is 2. The molecule has 0 aliphatic heterocycles. The molecular formula is C13H17N3O. The van der Waals surface area contributed by atoms with Gasteiger partial charge in [-0.2, -0.15) is 5.10 Å². The van der Waals surface area contributed by atoms with E-state index >= 15 is 0 Å². The molecule has 4 nitrogen and oxygen atoms in total. The zero-order chi connectivity index (χ0) is 12.3. The highest BCUT2D eigenvalue weighted by molar-refractivity contribution is 5.51. The summed E-state index contributed by atoms with van der Waals surface area (Å²) in [5.74, 6) is 0.734. The maximum absolute atomic E-state index is 5.79. The summed E-state index contributed by atoms with van der Waals surface area (Å²) >= 11 is 0. The second-order valence-electron chi connectivity index (χ2n) is 4.06. The van der Waals surface area contributed by atoms with E-state index in [9.17, 15) is 0 Å². The van der Waals surface area contributed by atoms with Crippen LogP contribution < -0.4 is 10.5 Å². The van der Waals surface area contributed by atoms with Gasteiger partial charge in [0.2, 0.25) is 0 Å². The lowest BCUT2D eigenvalue weighted by Gasteiger charge is -2.07. The Morgan fingerprint density at radius 2 is 2.06 bits per heavy atom. The van der Waals surface area contributed by atoms with Crippen molar-refractivity contribution in [1.29, 1.82) is 0 Å². The van der Waals surface area contributed by atoms with E-state index in [1.54, 1.807) is 0 Å². The van der Waals surface area contributed by atoms with Gasteiger partial charge in [0.1, 0.15) is 5.75 Å². The molecule has 0 bridgehead atoms. The largest absolute Gasteiger partial charge is 0.491 e. The number of H-pyrrole nitrogens is 1. The number of nitrogen functional groups attached to an aromatic ring is 1. The van der Waals surface area contributed by atoms with Gasteiger partial charge < -0.3 is 10.5 Å². The number of rotatable bonds is 4. The Labute approximate surface area is 101 Å². The topological polar surface area (TPSA) is 63.9 Å². The van der Waals surface area contributed by atoms with E-state index in [4.69, 9.17) is 10.5 Å². The quantitative estimate of drug-likeness (QED) is 0.793. The molecule has 3 N–H and O–H groups in total. The van der Waals surface area contributed by atoms with Gasteiger partial charge >= 0.3 is 0 Å². The molecule has 17 heavy (non-hydrogen) atoms. The fraction of sp³-hybridized carbons (Fsp3) is 0.308. The molecule has 2 rings (SSSR count). The lowest BCUT2D eigenvalue weighted by molar-refractivity contribution is 0.322. The normalized spacial score (nSPS) is 10.5. The summed E-state index contributed by atoms with van der Waals surface area (Å²) in [4.78, 5) is 0. The van der Waals surface area contributed by atoms with Crippen molar-refractivity contribution in [3.63, 3.8) is 0 Å². The van der Waals surface area contributed by atoms with E-state index in [1.807, 2.05) is 31.2 Å². The van der Waals surface area contributed by atoms with Gasteiger partial charge in [-0.05, 0) is 31.5 Å². The molecule has 1 aromatic heterocycles. The molecule has 90 valence electrons. The smallest absolute Gasteiger partial charge is 0.142 e. The minimum absolute atomic E-state index is 0.583. The van der Waals surface area contributed by atoms with E-state index in [1.165, 1.54) is 5.56 Å². The SMILES string of the molecule is Cc1[nH]nc(CCOc2ccccc2N)c1C. The molecule has 1 aromatic carbocycles. The van der Waals surface area contributed by atoms with Crippen LogP contribution in [0.5, 0.6) is 5.75 Å². The van der Waals surface area contributed by atoms with Crippen molar-refractivity contribution in [1.82, 2.24) is 10.2 Å². The third kappa shape index (κ3) is 2.58. The van der Waals surface area contributed by atoms with Crippen LogP contribution in [0.4, 0.5) is 5.69 Å². The number of nitrogens with zero attached hydrogens (tertiary/aromatic N) is 1. The highest BCUT2D eigenvalue weighted by Crippen LogP contribution is 2.20. The molecule has 4 heteroatoms. The number of ether oxygens (including phenoxy) is 1. The first kappa shape index (κ1) is 11.5. The third-order valence-electron chi connectivity index (χ3n) is 2.87. The predicted octanol–water partition coefficient (Wildman–Crippen LogP) is 2.23. The molecule has 0 saturated heterocycles. The summed E-state index contributed by atoms with van der Waals surface area (Å²) in [7, 11) is 0. The summed E-state index contributed by atoms with van der Waals surface area (Å²) < 4.78 is 5.63. The lowest BCUT2D eigenvalue weighted by atomic mass is 10.2. The van der Waals surface area contributed by atoms with Crippen LogP contribution in [0.3, 0.4) is 0 Å². The van der Waals surface area contributed by atoms with E-state index in [2.05, 4.69) is 17.1 Å². The molecule has 0 atom stereocenters. The third-order valence-corrected chi connectivity index (χ3v) is 2.87. The van der Waals surface area contributed by atoms with E-state index < -0.39 is 0 Å². The van der Waals surface area contributed by atoms with Crippen LogP contribution in [0.15, 0.2) is 24.3 Å². The Kier molecular flexibility index (Phi) is 3.32. The fourth-order valence-electron chi connectivity index (χ4n) is 1.65. The molecule has 1 heterocycles. The van der Waals surface area contributed by atoms with Gasteiger partial charge in [0.05, 0.1) is 18.0 Å². The van der Waals surface area contributed by atoms with E-state index in [-0.39, 0.29) is 0 Å². The van der Waals surface area contributed by atoms with Crippen molar-refractivity contribution in [3.8, 4) is 5.75 Å². The van der Waals surface area contributed by atoms with Gasteiger partial charge in [-0.25, -0.2) is 0 Å². The highest BCUT2D eigenvalue weighted by Gasteiger charge is 2.06. The number of benzene rings is 1. The summed E-state index contributed by atoms with van der Waals surface area (Å²) in [6.07, 6.45) is 0.782. The first-order chi connectivity index (χ1) is 8.18. The summed E-state index contributed by atoms with van der Waals surface area (Å²) in [5, 5.41) is 7.20. The van der Waals surface area contributed by atoms with Crippen LogP contribution in [-0.4, -0.2) is 16.8 Å². The summed E-state index contributed by atoms with van der Waals surface area (Å²) in [5.41, 5.74) is 9.82. The van der Waals surface area contributed by atoms with Crippen molar-refractivity contribution >= 4 is 5.69 Å². The molecule has 0 fully saturated rings. The Balaban J connectivity index is 1.92. The number of hydrogen-bond acceptors (Lipinski definition) is 3. The lowest BCUT2D eigenvalue weighted by Crippen LogP contribution is -2.04. The van der Waals surface area contributed by atoms with Crippen molar-refractivity contribution in [2.45, 2.75) is 20.3 Å². The van der Waals surface area contributed by atoms with Crippen LogP contribution in [0.25, 0.3) is 0 Å². The van der Waals surface area contributed by atoms with Crippen molar-refractivity contribution in [2.75, 3.05) is 12.3 Å². The number of nitrogens with two attached hydrogens (primary N) is 1. The van der Waals surface area contributed by atoms with Crippen molar-refractivity contribution in [2.24, 2.45) is 0 Å². The van der Waals surface area contributed by atoms with Crippen LogP contribution in [0.1, 0.15) is 17.0 Å². The standard InChI is InChI=1S/C13H17N3O/c1-9-10(2)15-16-12(9)7-8-17-13-6-4-3-5-11(13)14/h3-6H,7-8,14H2,1-2H3,(H,15,16). The molecule has 2 aromatic rings. The zero-order valence-corrected chi connectivity index (χ0v) is 10.2.